The number of H-pyrrole nitrogens is 1. The molecule has 0 radical (unpaired) electrons. The molecule has 4 heterocycles. The summed E-state index contributed by atoms with van der Waals surface area (Å²) in [4.78, 5) is 35.1. The summed E-state index contributed by atoms with van der Waals surface area (Å²) < 4.78 is 1.67. The van der Waals surface area contributed by atoms with Crippen LogP contribution in [0.2, 0.25) is 0 Å². The number of hydrogen-bond donors (Lipinski definition) is 2. The molecule has 1 amide bonds. The first-order valence-corrected chi connectivity index (χ1v) is 11.8. The molecule has 1 fully saturated rings. The van der Waals surface area contributed by atoms with Crippen molar-refractivity contribution in [2.75, 3.05) is 26.7 Å². The van der Waals surface area contributed by atoms with Crippen LogP contribution in [0.3, 0.4) is 0 Å². The third-order valence-corrected chi connectivity index (χ3v) is 7.13. The van der Waals surface area contributed by atoms with Gasteiger partial charge in [0, 0.05) is 48.6 Å². The van der Waals surface area contributed by atoms with Crippen LogP contribution in [-0.4, -0.2) is 52.0 Å². The minimum Gasteiger partial charge on any atom is -0.358 e. The van der Waals surface area contributed by atoms with Gasteiger partial charge in [-0.1, -0.05) is 13.8 Å². The SMILES string of the molecule is CNC(=O)CN1CCC(c2ccc3[nH]c(-c4cn(C)c(=O)c(C)c4C)c(C(C)C)c3n2)CC1. The Kier molecular flexibility index (Phi) is 6.43. The van der Waals surface area contributed by atoms with Gasteiger partial charge in [-0.05, 0) is 63.4 Å². The molecule has 33 heavy (non-hydrogen) atoms. The quantitative estimate of drug-likeness (QED) is 0.624. The zero-order valence-electron chi connectivity index (χ0n) is 20.6. The largest absolute Gasteiger partial charge is 0.358 e. The molecule has 0 atom stereocenters. The van der Waals surface area contributed by atoms with Crippen molar-refractivity contribution in [1.82, 2.24) is 24.8 Å². The van der Waals surface area contributed by atoms with Gasteiger partial charge in [-0.25, -0.2) is 0 Å². The number of likely N-dealkylation sites (tertiary alicyclic amines) is 1. The maximum Gasteiger partial charge on any atom is 0.253 e. The first kappa shape index (κ1) is 23.2. The van der Waals surface area contributed by atoms with E-state index in [1.807, 2.05) is 27.1 Å². The van der Waals surface area contributed by atoms with Crippen molar-refractivity contribution in [3.63, 3.8) is 0 Å². The topological polar surface area (TPSA) is 83.0 Å². The van der Waals surface area contributed by atoms with Crippen molar-refractivity contribution >= 4 is 16.9 Å². The highest BCUT2D eigenvalue weighted by Gasteiger charge is 2.25. The van der Waals surface area contributed by atoms with Crippen LogP contribution in [0.4, 0.5) is 0 Å². The molecule has 0 spiro atoms. The number of aromatic nitrogens is 3. The fourth-order valence-corrected chi connectivity index (χ4v) is 5.00. The molecule has 2 N–H and O–H groups in total. The smallest absolute Gasteiger partial charge is 0.253 e. The molecule has 1 saturated heterocycles. The second-order valence-electron chi connectivity index (χ2n) is 9.63. The molecule has 0 saturated carbocycles. The van der Waals surface area contributed by atoms with Gasteiger partial charge < -0.3 is 14.9 Å². The van der Waals surface area contributed by atoms with E-state index in [1.165, 1.54) is 5.56 Å². The zero-order chi connectivity index (χ0) is 23.9. The molecule has 1 aliphatic rings. The van der Waals surface area contributed by atoms with Crippen molar-refractivity contribution in [2.45, 2.75) is 52.4 Å². The highest BCUT2D eigenvalue weighted by molar-refractivity contribution is 5.89. The van der Waals surface area contributed by atoms with E-state index in [9.17, 15) is 9.59 Å². The van der Waals surface area contributed by atoms with E-state index in [1.54, 1.807) is 11.6 Å². The lowest BCUT2D eigenvalue weighted by Gasteiger charge is -2.31. The Morgan fingerprint density at radius 2 is 1.91 bits per heavy atom. The molecular weight excluding hydrogens is 414 g/mol. The minimum atomic E-state index is 0.0432. The number of carbonyl (C=O) groups excluding carboxylic acids is 1. The number of carbonyl (C=O) groups is 1. The van der Waals surface area contributed by atoms with E-state index < -0.39 is 0 Å². The molecule has 4 rings (SSSR count). The summed E-state index contributed by atoms with van der Waals surface area (Å²) in [7, 11) is 3.49. The van der Waals surface area contributed by atoms with E-state index in [4.69, 9.17) is 4.98 Å². The summed E-state index contributed by atoms with van der Waals surface area (Å²) in [5.74, 6) is 0.747. The predicted octanol–water partition coefficient (Wildman–Crippen LogP) is 3.59. The average Bonchev–Trinajstić information content (AvgIpc) is 3.19. The third-order valence-electron chi connectivity index (χ3n) is 7.13. The predicted molar refractivity (Wildman–Crippen MR) is 133 cm³/mol. The minimum absolute atomic E-state index is 0.0432. The molecule has 7 heteroatoms. The molecule has 176 valence electrons. The van der Waals surface area contributed by atoms with Gasteiger partial charge in [-0.2, -0.15) is 0 Å². The molecular formula is C26H35N5O2. The van der Waals surface area contributed by atoms with Crippen molar-refractivity contribution in [3.05, 3.63) is 51.1 Å². The van der Waals surface area contributed by atoms with Crippen LogP contribution in [0.25, 0.3) is 22.3 Å². The number of nitrogens with one attached hydrogen (secondary N) is 2. The first-order valence-electron chi connectivity index (χ1n) is 11.8. The number of piperidine rings is 1. The molecule has 0 aromatic carbocycles. The van der Waals surface area contributed by atoms with E-state index >= 15 is 0 Å². The van der Waals surface area contributed by atoms with Crippen molar-refractivity contribution in [1.29, 1.82) is 0 Å². The zero-order valence-corrected chi connectivity index (χ0v) is 20.6. The lowest BCUT2D eigenvalue weighted by atomic mass is 9.92. The highest BCUT2D eigenvalue weighted by atomic mass is 16.2. The summed E-state index contributed by atoms with van der Waals surface area (Å²) in [5.41, 5.74) is 8.32. The molecule has 0 bridgehead atoms. The second-order valence-corrected chi connectivity index (χ2v) is 9.63. The second kappa shape index (κ2) is 9.14. The van der Waals surface area contributed by atoms with Gasteiger partial charge in [0.1, 0.15) is 0 Å². The van der Waals surface area contributed by atoms with Gasteiger partial charge in [0.05, 0.1) is 23.3 Å². The van der Waals surface area contributed by atoms with Crippen LogP contribution in [0.15, 0.2) is 23.1 Å². The molecule has 1 aliphatic heterocycles. The number of fused-ring (bicyclic) bond motifs is 1. The number of aromatic amines is 1. The van der Waals surface area contributed by atoms with Crippen molar-refractivity contribution < 1.29 is 4.79 Å². The summed E-state index contributed by atoms with van der Waals surface area (Å²) in [5, 5.41) is 2.71. The van der Waals surface area contributed by atoms with Gasteiger partial charge in [-0.15, -0.1) is 0 Å². The van der Waals surface area contributed by atoms with Gasteiger partial charge in [-0.3, -0.25) is 19.5 Å². The van der Waals surface area contributed by atoms with E-state index in [0.29, 0.717) is 12.5 Å². The Balaban J connectivity index is 1.71. The van der Waals surface area contributed by atoms with Crippen LogP contribution in [0.5, 0.6) is 0 Å². The highest BCUT2D eigenvalue weighted by Crippen LogP contribution is 2.37. The number of pyridine rings is 2. The van der Waals surface area contributed by atoms with E-state index in [2.05, 4.69) is 41.2 Å². The molecule has 3 aromatic rings. The van der Waals surface area contributed by atoms with Gasteiger partial charge in [0.2, 0.25) is 5.91 Å². The van der Waals surface area contributed by atoms with Crippen LogP contribution in [0.1, 0.15) is 60.9 Å². The number of rotatable bonds is 5. The number of nitrogens with zero attached hydrogens (tertiary/aromatic N) is 3. The standard InChI is InChI=1S/C26H35N5O2/c1-15(2)23-24(19-13-30(6)26(33)17(4)16(19)3)29-21-8-7-20(28-25(21)23)18-9-11-31(12-10-18)14-22(32)27-5/h7-8,13,15,18,29H,9-12,14H2,1-6H3,(H,27,32). The molecule has 7 nitrogen and oxygen atoms in total. The molecule has 0 unspecified atom stereocenters. The van der Waals surface area contributed by atoms with Crippen LogP contribution in [-0.2, 0) is 11.8 Å². The molecule has 3 aromatic heterocycles. The number of hydrogen-bond acceptors (Lipinski definition) is 4. The Hall–Kier alpha value is -2.93. The maximum absolute atomic E-state index is 12.4. The number of amides is 1. The number of likely N-dealkylation sites (N-methyl/N-ethyl adjacent to an activating group) is 1. The summed E-state index contributed by atoms with van der Waals surface area (Å²) in [6.07, 6.45) is 3.94. The third kappa shape index (κ3) is 4.34. The van der Waals surface area contributed by atoms with Crippen LogP contribution < -0.4 is 10.9 Å². The van der Waals surface area contributed by atoms with E-state index in [-0.39, 0.29) is 17.4 Å². The lowest BCUT2D eigenvalue weighted by molar-refractivity contribution is -0.122. The van der Waals surface area contributed by atoms with E-state index in [0.717, 1.165) is 65.0 Å². The number of aryl methyl sites for hydroxylation is 1. The Labute approximate surface area is 195 Å². The Morgan fingerprint density at radius 3 is 2.55 bits per heavy atom. The van der Waals surface area contributed by atoms with Gasteiger partial charge in [0.25, 0.3) is 5.56 Å². The fraction of sp³-hybridized carbons (Fsp3) is 0.500. The summed E-state index contributed by atoms with van der Waals surface area (Å²) in [6, 6.07) is 4.29. The normalized spacial score (nSPS) is 15.5. The lowest BCUT2D eigenvalue weighted by Crippen LogP contribution is -2.40. The fourth-order valence-electron chi connectivity index (χ4n) is 5.00. The average molecular weight is 450 g/mol. The Bertz CT molecular complexity index is 1250. The monoisotopic (exact) mass is 449 g/mol. The first-order chi connectivity index (χ1) is 15.7. The van der Waals surface area contributed by atoms with Crippen LogP contribution in [0, 0.1) is 13.8 Å². The Morgan fingerprint density at radius 1 is 1.21 bits per heavy atom. The van der Waals surface area contributed by atoms with Crippen LogP contribution >= 0.6 is 0 Å². The van der Waals surface area contributed by atoms with Crippen molar-refractivity contribution in [2.24, 2.45) is 7.05 Å². The van der Waals surface area contributed by atoms with Gasteiger partial charge >= 0.3 is 0 Å². The summed E-state index contributed by atoms with van der Waals surface area (Å²) in [6.45, 7) is 10.6. The molecule has 0 aliphatic carbocycles. The van der Waals surface area contributed by atoms with Gasteiger partial charge in [0.15, 0.2) is 0 Å². The maximum atomic E-state index is 12.4. The summed E-state index contributed by atoms with van der Waals surface area (Å²) >= 11 is 0. The van der Waals surface area contributed by atoms with Crippen molar-refractivity contribution in [3.8, 4) is 11.3 Å².